The lowest BCUT2D eigenvalue weighted by Crippen LogP contribution is -2.28. The second-order valence-electron chi connectivity index (χ2n) is 12.6. The minimum absolute atomic E-state index is 0.548. The van der Waals surface area contributed by atoms with E-state index in [-0.39, 0.29) is 0 Å². The molecule has 0 N–H and O–H groups in total. The van der Waals surface area contributed by atoms with Gasteiger partial charge in [-0.3, -0.25) is 9.97 Å². The summed E-state index contributed by atoms with van der Waals surface area (Å²) in [6.07, 6.45) is 3.83. The summed E-state index contributed by atoms with van der Waals surface area (Å²) in [4.78, 5) is 9.73. The van der Waals surface area contributed by atoms with Crippen molar-refractivity contribution in [3.8, 4) is 55.9 Å². The lowest BCUT2D eigenvalue weighted by atomic mass is 9.67. The number of rotatable bonds is 6. The molecule has 1 aliphatic carbocycles. The highest BCUT2D eigenvalue weighted by atomic mass is 14.7. The number of aromatic nitrogens is 2. The maximum absolute atomic E-state index is 4.87. The van der Waals surface area contributed by atoms with Gasteiger partial charge in [-0.05, 0) is 92.0 Å². The van der Waals surface area contributed by atoms with Crippen LogP contribution in [0.25, 0.3) is 55.9 Å². The normalized spacial score (nSPS) is 12.7. The number of pyridine rings is 2. The van der Waals surface area contributed by atoms with Crippen LogP contribution in [-0.4, -0.2) is 9.97 Å². The second kappa shape index (κ2) is 12.0. The van der Waals surface area contributed by atoms with Crippen molar-refractivity contribution in [3.63, 3.8) is 0 Å². The summed E-state index contributed by atoms with van der Waals surface area (Å²) in [5.74, 6) is 0. The van der Waals surface area contributed by atoms with Crippen LogP contribution in [-0.2, 0) is 5.41 Å². The molecule has 6 aromatic carbocycles. The lowest BCUT2D eigenvalue weighted by Gasteiger charge is -2.34. The van der Waals surface area contributed by atoms with Gasteiger partial charge in [0.2, 0.25) is 0 Å². The Bertz CT molecular complexity index is 2270. The molecule has 2 heterocycles. The first kappa shape index (κ1) is 28.8. The number of nitrogens with zero attached hydrogens (tertiary/aromatic N) is 2. The molecule has 0 saturated carbocycles. The third-order valence-electron chi connectivity index (χ3n) is 9.87. The van der Waals surface area contributed by atoms with Crippen LogP contribution in [0.5, 0.6) is 0 Å². The molecule has 0 atom stereocenters. The SMILES string of the molecule is c1ccc(-c2ccnc(-c3cccc(C4(c5cccc(-c6cc(-c7ccccc7)ccn6)c5)c5ccccc5-c5ccccc54)c3)c2)cc1. The van der Waals surface area contributed by atoms with E-state index in [4.69, 9.17) is 9.97 Å². The van der Waals surface area contributed by atoms with Crippen LogP contribution in [0, 0.1) is 0 Å². The van der Waals surface area contributed by atoms with E-state index in [9.17, 15) is 0 Å². The number of benzene rings is 6. The van der Waals surface area contributed by atoms with Gasteiger partial charge in [0.25, 0.3) is 0 Å². The highest BCUT2D eigenvalue weighted by Crippen LogP contribution is 2.56. The van der Waals surface area contributed by atoms with E-state index in [0.29, 0.717) is 0 Å². The van der Waals surface area contributed by atoms with Crippen LogP contribution in [0.3, 0.4) is 0 Å². The first-order valence-electron chi connectivity index (χ1n) is 16.7. The molecule has 1 aliphatic rings. The topological polar surface area (TPSA) is 25.8 Å². The minimum Gasteiger partial charge on any atom is -0.256 e. The largest absolute Gasteiger partial charge is 0.256 e. The molecule has 0 radical (unpaired) electrons. The molecule has 2 aromatic heterocycles. The zero-order valence-corrected chi connectivity index (χ0v) is 26.9. The number of fused-ring (bicyclic) bond motifs is 3. The molecule has 2 heteroatoms. The van der Waals surface area contributed by atoms with Crippen molar-refractivity contribution >= 4 is 0 Å². The van der Waals surface area contributed by atoms with Gasteiger partial charge in [-0.2, -0.15) is 0 Å². The van der Waals surface area contributed by atoms with E-state index in [1.54, 1.807) is 0 Å². The first-order valence-corrected chi connectivity index (χ1v) is 16.7. The Morgan fingerprint density at radius 2 is 0.714 bits per heavy atom. The predicted molar refractivity (Wildman–Crippen MR) is 201 cm³/mol. The summed E-state index contributed by atoms with van der Waals surface area (Å²) in [6.45, 7) is 0. The standard InChI is InChI=1S/C47H32N2/c1-3-13-33(14-4-1)35-25-27-48-45(31-35)37-17-11-19-39(29-37)47(43-23-9-7-21-41(43)42-22-8-10-24-44(42)47)40-20-12-18-38(30-40)46-32-36(26-28-49-46)34-15-5-2-6-16-34/h1-32H. The van der Waals surface area contributed by atoms with Gasteiger partial charge in [0.1, 0.15) is 0 Å². The van der Waals surface area contributed by atoms with Gasteiger partial charge >= 0.3 is 0 Å². The maximum Gasteiger partial charge on any atom is 0.0714 e. The zero-order chi connectivity index (χ0) is 32.6. The third-order valence-corrected chi connectivity index (χ3v) is 9.87. The maximum atomic E-state index is 4.87. The highest BCUT2D eigenvalue weighted by molar-refractivity contribution is 5.87. The van der Waals surface area contributed by atoms with Gasteiger partial charge in [-0.25, -0.2) is 0 Å². The molecule has 8 aromatic rings. The molecule has 49 heavy (non-hydrogen) atoms. The Labute approximate surface area is 287 Å². The van der Waals surface area contributed by atoms with Crippen molar-refractivity contribution < 1.29 is 0 Å². The summed E-state index contributed by atoms with van der Waals surface area (Å²) in [7, 11) is 0. The molecule has 0 amide bonds. The fourth-order valence-corrected chi connectivity index (χ4v) is 7.64. The Morgan fingerprint density at radius 1 is 0.306 bits per heavy atom. The monoisotopic (exact) mass is 624 g/mol. The van der Waals surface area contributed by atoms with Crippen LogP contribution >= 0.6 is 0 Å². The quantitative estimate of drug-likeness (QED) is 0.184. The molecule has 0 bridgehead atoms. The van der Waals surface area contributed by atoms with E-state index in [1.165, 1.54) is 44.5 Å². The Kier molecular flexibility index (Phi) is 7.06. The third kappa shape index (κ3) is 4.89. The van der Waals surface area contributed by atoms with Gasteiger partial charge in [0.05, 0.1) is 16.8 Å². The predicted octanol–water partition coefficient (Wildman–Crippen LogP) is 11.5. The van der Waals surface area contributed by atoms with Gasteiger partial charge < -0.3 is 0 Å². The van der Waals surface area contributed by atoms with E-state index in [2.05, 4.69) is 182 Å². The molecule has 230 valence electrons. The Balaban J connectivity index is 1.25. The summed E-state index contributed by atoms with van der Waals surface area (Å²) in [5, 5.41) is 0. The molecular formula is C47H32N2. The van der Waals surface area contributed by atoms with Crippen LogP contribution in [0.15, 0.2) is 194 Å². The van der Waals surface area contributed by atoms with Gasteiger partial charge in [-0.1, -0.05) is 146 Å². The van der Waals surface area contributed by atoms with Crippen molar-refractivity contribution in [2.75, 3.05) is 0 Å². The second-order valence-corrected chi connectivity index (χ2v) is 12.6. The van der Waals surface area contributed by atoms with Crippen LogP contribution < -0.4 is 0 Å². The fourth-order valence-electron chi connectivity index (χ4n) is 7.64. The zero-order valence-electron chi connectivity index (χ0n) is 26.9. The smallest absolute Gasteiger partial charge is 0.0714 e. The average Bonchev–Trinajstić information content (AvgIpc) is 3.50. The summed E-state index contributed by atoms with van der Waals surface area (Å²) in [5.41, 5.74) is 15.7. The van der Waals surface area contributed by atoms with E-state index in [0.717, 1.165) is 33.6 Å². The van der Waals surface area contributed by atoms with E-state index < -0.39 is 5.41 Å². The molecule has 0 spiro atoms. The number of hydrogen-bond acceptors (Lipinski definition) is 2. The summed E-state index contributed by atoms with van der Waals surface area (Å²) in [6, 6.07) is 65.3. The lowest BCUT2D eigenvalue weighted by molar-refractivity contribution is 0.769. The Morgan fingerprint density at radius 3 is 1.18 bits per heavy atom. The molecule has 2 nitrogen and oxygen atoms in total. The van der Waals surface area contributed by atoms with Crippen molar-refractivity contribution in [2.45, 2.75) is 5.41 Å². The summed E-state index contributed by atoms with van der Waals surface area (Å²) < 4.78 is 0. The summed E-state index contributed by atoms with van der Waals surface area (Å²) >= 11 is 0. The molecule has 0 saturated heterocycles. The van der Waals surface area contributed by atoms with Crippen molar-refractivity contribution in [3.05, 3.63) is 217 Å². The van der Waals surface area contributed by atoms with Crippen molar-refractivity contribution in [1.29, 1.82) is 0 Å². The minimum atomic E-state index is -0.548. The Hall–Kier alpha value is -6.38. The van der Waals surface area contributed by atoms with Crippen molar-refractivity contribution in [2.24, 2.45) is 0 Å². The molecule has 9 rings (SSSR count). The van der Waals surface area contributed by atoms with Crippen LogP contribution in [0.2, 0.25) is 0 Å². The molecular weight excluding hydrogens is 593 g/mol. The molecule has 0 unspecified atom stereocenters. The van der Waals surface area contributed by atoms with Gasteiger partial charge in [0.15, 0.2) is 0 Å². The highest BCUT2D eigenvalue weighted by Gasteiger charge is 2.46. The van der Waals surface area contributed by atoms with E-state index >= 15 is 0 Å². The van der Waals surface area contributed by atoms with E-state index in [1.807, 2.05) is 12.4 Å². The van der Waals surface area contributed by atoms with Crippen LogP contribution in [0.1, 0.15) is 22.3 Å². The average molecular weight is 625 g/mol. The van der Waals surface area contributed by atoms with Gasteiger partial charge in [-0.15, -0.1) is 0 Å². The van der Waals surface area contributed by atoms with Gasteiger partial charge in [0, 0.05) is 23.5 Å². The number of hydrogen-bond donors (Lipinski definition) is 0. The van der Waals surface area contributed by atoms with Crippen molar-refractivity contribution in [1.82, 2.24) is 9.97 Å². The molecule has 0 fully saturated rings. The first-order chi connectivity index (χ1) is 24.3. The fraction of sp³-hybridized carbons (Fsp3) is 0.0213. The van der Waals surface area contributed by atoms with Crippen LogP contribution in [0.4, 0.5) is 0 Å². The molecule has 0 aliphatic heterocycles.